The number of rotatable bonds is 6. The summed E-state index contributed by atoms with van der Waals surface area (Å²) in [6.45, 7) is 4.19. The molecule has 2 N–H and O–H groups in total. The molecule has 21 heavy (non-hydrogen) atoms. The molecule has 0 aliphatic carbocycles. The van der Waals surface area contributed by atoms with Crippen LogP contribution in [0.3, 0.4) is 0 Å². The van der Waals surface area contributed by atoms with E-state index in [1.807, 2.05) is 62.4 Å². The number of hydrogen-bond acceptors (Lipinski definition) is 3. The summed E-state index contributed by atoms with van der Waals surface area (Å²) in [6, 6.07) is 15.3. The molecule has 0 radical (unpaired) electrons. The maximum absolute atomic E-state index is 11.5. The summed E-state index contributed by atoms with van der Waals surface area (Å²) in [4.78, 5) is 11.5. The van der Waals surface area contributed by atoms with Crippen molar-refractivity contribution in [2.45, 2.75) is 26.7 Å². The number of amides is 1. The van der Waals surface area contributed by atoms with Crippen molar-refractivity contribution in [1.82, 2.24) is 0 Å². The van der Waals surface area contributed by atoms with E-state index >= 15 is 0 Å². The van der Waals surface area contributed by atoms with Crippen molar-refractivity contribution < 1.29 is 14.3 Å². The molecule has 110 valence electrons. The highest BCUT2D eigenvalue weighted by Crippen LogP contribution is 2.18. The predicted molar refractivity (Wildman–Crippen MR) is 80.8 cm³/mol. The van der Waals surface area contributed by atoms with Gasteiger partial charge in [-0.05, 0) is 42.7 Å². The normalized spacial score (nSPS) is 11.9. The Bertz CT molecular complexity index is 590. The van der Waals surface area contributed by atoms with E-state index in [9.17, 15) is 4.79 Å². The zero-order chi connectivity index (χ0) is 15.2. The fraction of sp³-hybridized carbons (Fsp3) is 0.235. The lowest BCUT2D eigenvalue weighted by atomic mass is 10.1. The van der Waals surface area contributed by atoms with Crippen molar-refractivity contribution in [3.63, 3.8) is 0 Å². The van der Waals surface area contributed by atoms with E-state index in [0.29, 0.717) is 5.75 Å². The minimum absolute atomic E-state index is 0.263. The first kappa shape index (κ1) is 15.1. The fourth-order valence-corrected chi connectivity index (χ4v) is 2.04. The summed E-state index contributed by atoms with van der Waals surface area (Å²) >= 11 is 0. The Labute approximate surface area is 124 Å². The Morgan fingerprint density at radius 2 is 1.71 bits per heavy atom. The monoisotopic (exact) mass is 285 g/mol. The van der Waals surface area contributed by atoms with Gasteiger partial charge in [-0.25, -0.2) is 0 Å². The second-order valence-corrected chi connectivity index (χ2v) is 4.97. The van der Waals surface area contributed by atoms with E-state index in [1.165, 1.54) is 0 Å². The first-order valence-electron chi connectivity index (χ1n) is 6.74. The van der Waals surface area contributed by atoms with Gasteiger partial charge in [0.1, 0.15) is 5.75 Å². The van der Waals surface area contributed by atoms with E-state index in [-0.39, 0.29) is 6.61 Å². The molecule has 4 heteroatoms. The van der Waals surface area contributed by atoms with E-state index < -0.39 is 12.2 Å². The third kappa shape index (κ3) is 4.61. The molecule has 0 aliphatic heterocycles. The molecule has 0 heterocycles. The van der Waals surface area contributed by atoms with Gasteiger partial charge in [0.05, 0.1) is 6.61 Å². The van der Waals surface area contributed by atoms with Crippen LogP contribution in [0.4, 0.5) is 0 Å². The van der Waals surface area contributed by atoms with Gasteiger partial charge < -0.3 is 15.2 Å². The lowest BCUT2D eigenvalue weighted by Crippen LogP contribution is -2.36. The molecule has 0 saturated heterocycles. The van der Waals surface area contributed by atoms with Crippen LogP contribution >= 0.6 is 0 Å². The molecule has 1 amide bonds. The molecule has 0 spiro atoms. The van der Waals surface area contributed by atoms with Crippen molar-refractivity contribution in [3.05, 3.63) is 65.2 Å². The van der Waals surface area contributed by atoms with E-state index in [0.717, 1.165) is 16.7 Å². The van der Waals surface area contributed by atoms with Crippen molar-refractivity contribution in [2.24, 2.45) is 5.73 Å². The van der Waals surface area contributed by atoms with Gasteiger partial charge in [-0.1, -0.05) is 36.4 Å². The maximum atomic E-state index is 11.5. The van der Waals surface area contributed by atoms with Gasteiger partial charge in [-0.3, -0.25) is 4.79 Å². The molecule has 2 aromatic rings. The topological polar surface area (TPSA) is 61.6 Å². The number of aryl methyl sites for hydroxylation is 2. The van der Waals surface area contributed by atoms with Crippen LogP contribution in [0, 0.1) is 13.8 Å². The SMILES string of the molecule is Cc1cc(C)cc(OC(OCc2ccccc2)C(N)=O)c1. The number of nitrogens with two attached hydrogens (primary N) is 1. The summed E-state index contributed by atoms with van der Waals surface area (Å²) < 4.78 is 11.0. The van der Waals surface area contributed by atoms with Crippen LogP contribution in [0.2, 0.25) is 0 Å². The van der Waals surface area contributed by atoms with Gasteiger partial charge >= 0.3 is 0 Å². The van der Waals surface area contributed by atoms with E-state index in [2.05, 4.69) is 0 Å². The Balaban J connectivity index is 2.03. The summed E-state index contributed by atoms with van der Waals surface area (Å²) in [6.07, 6.45) is -1.11. The molecule has 0 aromatic heterocycles. The molecule has 2 aromatic carbocycles. The van der Waals surface area contributed by atoms with Crippen LogP contribution in [0.1, 0.15) is 16.7 Å². The van der Waals surface area contributed by atoms with Crippen molar-refractivity contribution in [1.29, 1.82) is 0 Å². The molecular formula is C17H19NO3. The number of benzene rings is 2. The number of ether oxygens (including phenoxy) is 2. The first-order valence-corrected chi connectivity index (χ1v) is 6.74. The molecule has 1 atom stereocenters. The molecule has 0 aliphatic rings. The number of hydrogen-bond donors (Lipinski definition) is 1. The number of carbonyl (C=O) groups excluding carboxylic acids is 1. The van der Waals surface area contributed by atoms with Crippen LogP contribution in [0.25, 0.3) is 0 Å². The average Bonchev–Trinajstić information content (AvgIpc) is 2.43. The van der Waals surface area contributed by atoms with Gasteiger partial charge in [0.15, 0.2) is 0 Å². The highest BCUT2D eigenvalue weighted by molar-refractivity contribution is 5.77. The van der Waals surface area contributed by atoms with Gasteiger partial charge in [0.25, 0.3) is 12.2 Å². The number of carbonyl (C=O) groups is 1. The minimum Gasteiger partial charge on any atom is -0.455 e. The fourth-order valence-electron chi connectivity index (χ4n) is 2.04. The minimum atomic E-state index is -1.11. The van der Waals surface area contributed by atoms with Crippen LogP contribution in [-0.4, -0.2) is 12.2 Å². The van der Waals surface area contributed by atoms with Crippen molar-refractivity contribution >= 4 is 5.91 Å². The zero-order valence-corrected chi connectivity index (χ0v) is 12.2. The van der Waals surface area contributed by atoms with Crippen LogP contribution in [-0.2, 0) is 16.1 Å². The summed E-state index contributed by atoms with van der Waals surface area (Å²) in [5.74, 6) is -0.0746. The summed E-state index contributed by atoms with van der Waals surface area (Å²) in [5.41, 5.74) is 8.39. The lowest BCUT2D eigenvalue weighted by molar-refractivity contribution is -0.151. The average molecular weight is 285 g/mol. The predicted octanol–water partition coefficient (Wildman–Crippen LogP) is 2.71. The molecule has 2 rings (SSSR count). The summed E-state index contributed by atoms with van der Waals surface area (Å²) in [7, 11) is 0. The Kier molecular flexibility index (Phi) is 4.95. The lowest BCUT2D eigenvalue weighted by Gasteiger charge is -2.17. The Hall–Kier alpha value is -2.33. The van der Waals surface area contributed by atoms with E-state index in [4.69, 9.17) is 15.2 Å². The second-order valence-electron chi connectivity index (χ2n) is 4.97. The number of primary amides is 1. The Morgan fingerprint density at radius 1 is 1.10 bits per heavy atom. The zero-order valence-electron chi connectivity index (χ0n) is 12.2. The standard InChI is InChI=1S/C17H19NO3/c1-12-8-13(2)10-15(9-12)21-17(16(18)19)20-11-14-6-4-3-5-7-14/h3-10,17H,11H2,1-2H3,(H2,18,19). The van der Waals surface area contributed by atoms with Crippen LogP contribution in [0.15, 0.2) is 48.5 Å². The molecular weight excluding hydrogens is 266 g/mol. The summed E-state index contributed by atoms with van der Waals surface area (Å²) in [5, 5.41) is 0. The quantitative estimate of drug-likeness (QED) is 0.830. The first-order chi connectivity index (χ1) is 10.0. The van der Waals surface area contributed by atoms with Gasteiger partial charge in [-0.2, -0.15) is 0 Å². The molecule has 0 bridgehead atoms. The Morgan fingerprint density at radius 3 is 2.29 bits per heavy atom. The van der Waals surface area contributed by atoms with E-state index in [1.54, 1.807) is 0 Å². The molecule has 0 saturated carbocycles. The van der Waals surface area contributed by atoms with Gasteiger partial charge in [-0.15, -0.1) is 0 Å². The second kappa shape index (κ2) is 6.90. The molecule has 4 nitrogen and oxygen atoms in total. The molecule has 0 fully saturated rings. The maximum Gasteiger partial charge on any atom is 0.287 e. The molecule has 1 unspecified atom stereocenters. The smallest absolute Gasteiger partial charge is 0.287 e. The third-order valence-corrected chi connectivity index (χ3v) is 2.91. The third-order valence-electron chi connectivity index (χ3n) is 2.91. The van der Waals surface area contributed by atoms with Crippen LogP contribution in [0.5, 0.6) is 5.75 Å². The highest BCUT2D eigenvalue weighted by atomic mass is 16.7. The van der Waals surface area contributed by atoms with Crippen LogP contribution < -0.4 is 10.5 Å². The van der Waals surface area contributed by atoms with Crippen molar-refractivity contribution in [3.8, 4) is 5.75 Å². The largest absolute Gasteiger partial charge is 0.455 e. The van der Waals surface area contributed by atoms with Crippen molar-refractivity contribution in [2.75, 3.05) is 0 Å². The highest BCUT2D eigenvalue weighted by Gasteiger charge is 2.18. The van der Waals surface area contributed by atoms with Gasteiger partial charge in [0.2, 0.25) is 0 Å². The van der Waals surface area contributed by atoms with Gasteiger partial charge in [0, 0.05) is 0 Å².